The van der Waals surface area contributed by atoms with E-state index in [0.717, 1.165) is 11.1 Å². The van der Waals surface area contributed by atoms with Crippen LogP contribution in [0.1, 0.15) is 27.6 Å². The van der Waals surface area contributed by atoms with E-state index >= 15 is 0 Å². The summed E-state index contributed by atoms with van der Waals surface area (Å²) in [4.78, 5) is 41.0. The van der Waals surface area contributed by atoms with E-state index in [1.807, 2.05) is 60.7 Å². The molecule has 0 spiro atoms. The maximum atomic E-state index is 13.5. The average Bonchev–Trinajstić information content (AvgIpc) is 2.98. The van der Waals surface area contributed by atoms with Crippen molar-refractivity contribution >= 4 is 29.5 Å². The van der Waals surface area contributed by atoms with E-state index in [4.69, 9.17) is 14.2 Å². The molecule has 0 bridgehead atoms. The summed E-state index contributed by atoms with van der Waals surface area (Å²) in [5.41, 5.74) is 1.41. The quantitative estimate of drug-likeness (QED) is 0.324. The van der Waals surface area contributed by atoms with Crippen LogP contribution in [0, 0.1) is 0 Å². The smallest absolute Gasteiger partial charge is 0.359 e. The molecule has 0 aromatic heterocycles. The Labute approximate surface area is 229 Å². The molecule has 3 aromatic carbocycles. The molecule has 1 fully saturated rings. The summed E-state index contributed by atoms with van der Waals surface area (Å²) in [7, 11) is 2.87. The summed E-state index contributed by atoms with van der Waals surface area (Å²) in [5, 5.41) is 12.8. The Balaban J connectivity index is 1.37. The summed E-state index contributed by atoms with van der Waals surface area (Å²) in [5.74, 6) is -1.53. The van der Waals surface area contributed by atoms with Crippen LogP contribution < -0.4 is 14.8 Å². The molecular weight excluding hydrogens is 520 g/mol. The van der Waals surface area contributed by atoms with E-state index in [-0.39, 0.29) is 22.8 Å². The number of carbonyl (C=O) groups excluding carboxylic acids is 3. The number of fused-ring (bicyclic) bond motifs is 1. The fraction of sp³-hybridized carbons (Fsp3) is 0.207. The third kappa shape index (κ3) is 4.90. The number of aliphatic hydroxyl groups is 1. The summed E-state index contributed by atoms with van der Waals surface area (Å²) in [6, 6.07) is 22.4. The highest BCUT2D eigenvalue weighted by molar-refractivity contribution is 8.00. The lowest BCUT2D eigenvalue weighted by molar-refractivity contribution is -0.154. The molecule has 2 aliphatic heterocycles. The van der Waals surface area contributed by atoms with Crippen molar-refractivity contribution < 1.29 is 33.7 Å². The van der Waals surface area contributed by atoms with E-state index in [0.29, 0.717) is 11.5 Å². The van der Waals surface area contributed by atoms with E-state index in [2.05, 4.69) is 5.32 Å². The van der Waals surface area contributed by atoms with Crippen molar-refractivity contribution in [2.75, 3.05) is 20.0 Å². The number of benzene rings is 3. The van der Waals surface area contributed by atoms with Crippen molar-refractivity contribution in [3.05, 3.63) is 107 Å². The van der Waals surface area contributed by atoms with Gasteiger partial charge in [0.15, 0.2) is 11.8 Å². The van der Waals surface area contributed by atoms with Gasteiger partial charge in [-0.1, -0.05) is 66.7 Å². The summed E-state index contributed by atoms with van der Waals surface area (Å²) < 4.78 is 16.5. The minimum absolute atomic E-state index is 0.0740. The van der Waals surface area contributed by atoms with Crippen LogP contribution in [0.25, 0.3) is 0 Å². The number of amides is 2. The van der Waals surface area contributed by atoms with Crippen LogP contribution in [0.2, 0.25) is 0 Å². The van der Waals surface area contributed by atoms with Gasteiger partial charge in [-0.15, -0.1) is 11.8 Å². The highest BCUT2D eigenvalue weighted by atomic mass is 32.2. The Hall–Kier alpha value is -4.44. The second-order valence-electron chi connectivity index (χ2n) is 8.80. The SMILES string of the molecule is COc1cccc(OC)c1C(=O)NC1C(=O)N2C(C(=O)OC(c3ccccc3)c3ccccc3)=C(O)CS[C@@H]12. The van der Waals surface area contributed by atoms with Gasteiger partial charge in [0.1, 0.15) is 34.2 Å². The fourth-order valence-corrected chi connectivity index (χ4v) is 5.83. The zero-order valence-corrected chi connectivity index (χ0v) is 22.0. The van der Waals surface area contributed by atoms with Crippen LogP contribution in [-0.4, -0.2) is 59.2 Å². The molecule has 5 rings (SSSR count). The molecule has 2 atom stereocenters. The number of esters is 1. The van der Waals surface area contributed by atoms with Gasteiger partial charge >= 0.3 is 5.97 Å². The number of thioether (sulfide) groups is 1. The first-order chi connectivity index (χ1) is 18.9. The van der Waals surface area contributed by atoms with Gasteiger partial charge in [0, 0.05) is 0 Å². The average molecular weight is 547 g/mol. The number of nitrogens with one attached hydrogen (secondary N) is 1. The number of rotatable bonds is 8. The zero-order valence-electron chi connectivity index (χ0n) is 21.2. The van der Waals surface area contributed by atoms with Crippen molar-refractivity contribution in [2.45, 2.75) is 17.5 Å². The highest BCUT2D eigenvalue weighted by Gasteiger charge is 2.55. The molecule has 10 heteroatoms. The lowest BCUT2D eigenvalue weighted by Gasteiger charge is -2.48. The fourth-order valence-electron chi connectivity index (χ4n) is 4.63. The number of carbonyl (C=O) groups is 3. The van der Waals surface area contributed by atoms with Crippen molar-refractivity contribution in [2.24, 2.45) is 0 Å². The molecule has 2 aliphatic rings. The molecule has 0 radical (unpaired) electrons. The molecule has 1 unspecified atom stereocenters. The summed E-state index contributed by atoms with van der Waals surface area (Å²) in [6.07, 6.45) is -0.752. The second-order valence-corrected chi connectivity index (χ2v) is 9.91. The minimum atomic E-state index is -0.924. The Bertz CT molecular complexity index is 1370. The third-order valence-corrected chi connectivity index (χ3v) is 7.78. The maximum Gasteiger partial charge on any atom is 0.359 e. The van der Waals surface area contributed by atoms with E-state index in [1.165, 1.54) is 30.9 Å². The summed E-state index contributed by atoms with van der Waals surface area (Å²) >= 11 is 1.24. The monoisotopic (exact) mass is 546 g/mol. The van der Waals surface area contributed by atoms with Gasteiger partial charge in [0.25, 0.3) is 11.8 Å². The standard InChI is InChI=1S/C29H26N2O7S/c1-36-20-14-9-15-21(37-2)22(20)26(33)30-23-27(34)31-24(19(32)16-39-28(23)31)29(35)38-25(17-10-5-3-6-11-17)18-12-7-4-8-13-18/h3-15,23,25,28,32H,16H2,1-2H3,(H,30,33)/t23?,28-/m0/s1. The van der Waals surface area contributed by atoms with E-state index in [1.54, 1.807) is 18.2 Å². The number of methoxy groups -OCH3 is 2. The molecule has 1 saturated heterocycles. The Morgan fingerprint density at radius 2 is 1.49 bits per heavy atom. The Kier molecular flexibility index (Phi) is 7.47. The number of nitrogens with zero attached hydrogens (tertiary/aromatic N) is 1. The molecule has 39 heavy (non-hydrogen) atoms. The normalized spacial score (nSPS) is 18.2. The predicted octanol–water partition coefficient (Wildman–Crippen LogP) is 3.82. The van der Waals surface area contributed by atoms with Gasteiger partial charge in [-0.3, -0.25) is 14.5 Å². The largest absolute Gasteiger partial charge is 0.509 e. The Morgan fingerprint density at radius 3 is 2.03 bits per heavy atom. The van der Waals surface area contributed by atoms with Crippen LogP contribution in [0.15, 0.2) is 90.3 Å². The molecule has 2 N–H and O–H groups in total. The van der Waals surface area contributed by atoms with Crippen molar-refractivity contribution in [1.29, 1.82) is 0 Å². The summed E-state index contributed by atoms with van der Waals surface area (Å²) in [6.45, 7) is 0. The van der Waals surface area contributed by atoms with Gasteiger partial charge in [0.05, 0.1) is 20.0 Å². The molecular formula is C29H26N2O7S. The van der Waals surface area contributed by atoms with Crippen molar-refractivity contribution in [3.8, 4) is 11.5 Å². The van der Waals surface area contributed by atoms with Gasteiger partial charge in [-0.2, -0.15) is 0 Å². The molecule has 0 saturated carbocycles. The van der Waals surface area contributed by atoms with Gasteiger partial charge in [-0.05, 0) is 23.3 Å². The molecule has 9 nitrogen and oxygen atoms in total. The molecule has 200 valence electrons. The molecule has 3 aromatic rings. The van der Waals surface area contributed by atoms with Gasteiger partial charge < -0.3 is 24.6 Å². The van der Waals surface area contributed by atoms with Crippen LogP contribution in [0.4, 0.5) is 0 Å². The topological polar surface area (TPSA) is 114 Å². The molecule has 0 aliphatic carbocycles. The highest BCUT2D eigenvalue weighted by Crippen LogP contribution is 2.41. The first kappa shape index (κ1) is 26.2. The number of ether oxygens (including phenoxy) is 3. The zero-order chi connectivity index (χ0) is 27.5. The van der Waals surface area contributed by atoms with Gasteiger partial charge in [0.2, 0.25) is 0 Å². The van der Waals surface area contributed by atoms with Crippen LogP contribution in [-0.2, 0) is 14.3 Å². The Morgan fingerprint density at radius 1 is 0.923 bits per heavy atom. The number of β-lactam (4-membered cyclic amide) rings is 1. The van der Waals surface area contributed by atoms with Crippen LogP contribution in [0.3, 0.4) is 0 Å². The first-order valence-corrected chi connectivity index (χ1v) is 13.2. The second kappa shape index (κ2) is 11.1. The minimum Gasteiger partial charge on any atom is -0.509 e. The van der Waals surface area contributed by atoms with E-state index < -0.39 is 35.3 Å². The van der Waals surface area contributed by atoms with Crippen LogP contribution in [0.5, 0.6) is 11.5 Å². The van der Waals surface area contributed by atoms with Crippen molar-refractivity contribution in [1.82, 2.24) is 10.2 Å². The molecule has 2 heterocycles. The van der Waals surface area contributed by atoms with E-state index in [9.17, 15) is 19.5 Å². The third-order valence-electron chi connectivity index (χ3n) is 6.51. The number of hydrogen-bond acceptors (Lipinski definition) is 8. The van der Waals surface area contributed by atoms with Crippen molar-refractivity contribution in [3.63, 3.8) is 0 Å². The lowest BCUT2D eigenvalue weighted by Crippen LogP contribution is -2.70. The predicted molar refractivity (Wildman–Crippen MR) is 144 cm³/mol. The van der Waals surface area contributed by atoms with Gasteiger partial charge in [-0.25, -0.2) is 4.79 Å². The maximum absolute atomic E-state index is 13.5. The molecule has 2 amide bonds. The number of hydrogen-bond donors (Lipinski definition) is 2. The first-order valence-electron chi connectivity index (χ1n) is 12.1. The number of aliphatic hydroxyl groups excluding tert-OH is 1. The van der Waals surface area contributed by atoms with Crippen LogP contribution >= 0.6 is 11.8 Å². The lowest BCUT2D eigenvalue weighted by atomic mass is 10.0.